The Labute approximate surface area is 113 Å². The molecule has 0 aliphatic carbocycles. The van der Waals surface area contributed by atoms with Gasteiger partial charge in [0.25, 0.3) is 0 Å². The van der Waals surface area contributed by atoms with Crippen LogP contribution in [0.15, 0.2) is 24.3 Å². The third-order valence-corrected chi connectivity index (χ3v) is 3.23. The highest BCUT2D eigenvalue weighted by molar-refractivity contribution is 6.31. The number of carbonyl (C=O) groups is 1. The van der Waals surface area contributed by atoms with E-state index in [1.54, 1.807) is 0 Å². The predicted molar refractivity (Wildman–Crippen MR) is 74.3 cm³/mol. The largest absolute Gasteiger partial charge is 0.369 e. The summed E-state index contributed by atoms with van der Waals surface area (Å²) in [5, 5.41) is 0.656. The Hall–Kier alpha value is -1.10. The third-order valence-electron chi connectivity index (χ3n) is 2.89. The van der Waals surface area contributed by atoms with E-state index in [9.17, 15) is 4.79 Å². The Bertz CT molecular complexity index is 409. The average Bonchev–Trinajstić information content (AvgIpc) is 2.30. The maximum absolute atomic E-state index is 11.2. The first kappa shape index (κ1) is 15.0. The summed E-state index contributed by atoms with van der Waals surface area (Å²) in [5.74, 6) is -0.366. The predicted octanol–water partition coefficient (Wildman–Crippen LogP) is 1.54. The monoisotopic (exact) mass is 269 g/mol. The van der Waals surface area contributed by atoms with E-state index in [0.29, 0.717) is 11.6 Å². The molecule has 0 radical (unpaired) electrons. The first-order valence-electron chi connectivity index (χ1n) is 5.96. The van der Waals surface area contributed by atoms with Gasteiger partial charge in [-0.05, 0) is 25.5 Å². The van der Waals surface area contributed by atoms with Crippen molar-refractivity contribution in [3.05, 3.63) is 34.9 Å². The summed E-state index contributed by atoms with van der Waals surface area (Å²) >= 11 is 6.18. The minimum absolute atomic E-state index is 0.105. The van der Waals surface area contributed by atoms with Gasteiger partial charge in [-0.3, -0.25) is 9.69 Å². The van der Waals surface area contributed by atoms with E-state index in [2.05, 4.69) is 0 Å². The Morgan fingerprint density at radius 1 is 1.39 bits per heavy atom. The smallest absolute Gasteiger partial charge is 0.231 e. The lowest BCUT2D eigenvalue weighted by atomic mass is 10.0. The maximum atomic E-state index is 11.2. The molecule has 1 aromatic rings. The van der Waals surface area contributed by atoms with Crippen molar-refractivity contribution in [1.29, 1.82) is 0 Å². The molecule has 4 nitrogen and oxygen atoms in total. The van der Waals surface area contributed by atoms with Gasteiger partial charge in [0.1, 0.15) is 0 Å². The number of halogens is 1. The normalized spacial score (nSPS) is 13.0. The Morgan fingerprint density at radius 3 is 2.44 bits per heavy atom. The number of primary amides is 1. The number of benzene rings is 1. The standard InChI is InChI=1S/C13H20ClN3O/c1-9(2)17(8-13(16)18)12(7-15)10-5-3-4-6-11(10)14/h3-6,9,12H,7-8,15H2,1-2H3,(H2,16,18). The summed E-state index contributed by atoms with van der Waals surface area (Å²) in [5.41, 5.74) is 12.0. The van der Waals surface area contributed by atoms with Crippen molar-refractivity contribution in [3.8, 4) is 0 Å². The molecule has 0 saturated heterocycles. The van der Waals surface area contributed by atoms with Crippen LogP contribution in [0.25, 0.3) is 0 Å². The van der Waals surface area contributed by atoms with Crippen LogP contribution in [0.5, 0.6) is 0 Å². The SMILES string of the molecule is CC(C)N(CC(N)=O)C(CN)c1ccccc1Cl. The van der Waals surface area contributed by atoms with Gasteiger partial charge < -0.3 is 11.5 Å². The molecule has 1 unspecified atom stereocenters. The molecule has 0 heterocycles. The second-order valence-corrected chi connectivity index (χ2v) is 4.91. The van der Waals surface area contributed by atoms with Crippen molar-refractivity contribution in [1.82, 2.24) is 4.90 Å². The maximum Gasteiger partial charge on any atom is 0.231 e. The number of hydrogen-bond donors (Lipinski definition) is 2. The summed E-state index contributed by atoms with van der Waals surface area (Å²) in [6.07, 6.45) is 0. The van der Waals surface area contributed by atoms with Crippen LogP contribution >= 0.6 is 11.6 Å². The minimum atomic E-state index is -0.366. The number of carbonyl (C=O) groups excluding carboxylic acids is 1. The molecule has 18 heavy (non-hydrogen) atoms. The van der Waals surface area contributed by atoms with Crippen LogP contribution in [0.2, 0.25) is 5.02 Å². The van der Waals surface area contributed by atoms with E-state index >= 15 is 0 Å². The molecule has 0 aliphatic heterocycles. The number of nitrogens with zero attached hydrogens (tertiary/aromatic N) is 1. The third kappa shape index (κ3) is 3.70. The summed E-state index contributed by atoms with van der Waals surface area (Å²) in [6, 6.07) is 7.58. The molecule has 1 aromatic carbocycles. The second-order valence-electron chi connectivity index (χ2n) is 4.51. The van der Waals surface area contributed by atoms with Gasteiger partial charge in [-0.1, -0.05) is 29.8 Å². The Balaban J connectivity index is 3.06. The zero-order valence-corrected chi connectivity index (χ0v) is 11.5. The lowest BCUT2D eigenvalue weighted by molar-refractivity contribution is -0.120. The summed E-state index contributed by atoms with van der Waals surface area (Å²) in [7, 11) is 0. The van der Waals surface area contributed by atoms with E-state index in [-0.39, 0.29) is 24.5 Å². The highest BCUT2D eigenvalue weighted by atomic mass is 35.5. The average molecular weight is 270 g/mol. The summed E-state index contributed by atoms with van der Waals surface area (Å²) < 4.78 is 0. The summed E-state index contributed by atoms with van der Waals surface area (Å²) in [6.45, 7) is 4.56. The van der Waals surface area contributed by atoms with Gasteiger partial charge in [-0.15, -0.1) is 0 Å². The first-order valence-corrected chi connectivity index (χ1v) is 6.33. The van der Waals surface area contributed by atoms with E-state index in [0.717, 1.165) is 5.56 Å². The lowest BCUT2D eigenvalue weighted by Gasteiger charge is -2.34. The van der Waals surface area contributed by atoms with Gasteiger partial charge in [0, 0.05) is 23.7 Å². The number of hydrogen-bond acceptors (Lipinski definition) is 3. The van der Waals surface area contributed by atoms with E-state index < -0.39 is 0 Å². The van der Waals surface area contributed by atoms with E-state index in [1.807, 2.05) is 43.0 Å². The molecule has 0 bridgehead atoms. The van der Waals surface area contributed by atoms with Crippen molar-refractivity contribution in [2.24, 2.45) is 11.5 Å². The van der Waals surface area contributed by atoms with Crippen LogP contribution in [-0.4, -0.2) is 29.9 Å². The van der Waals surface area contributed by atoms with Crippen molar-refractivity contribution in [3.63, 3.8) is 0 Å². The number of rotatable bonds is 6. The van der Waals surface area contributed by atoms with Crippen LogP contribution in [-0.2, 0) is 4.79 Å². The molecule has 0 aromatic heterocycles. The van der Waals surface area contributed by atoms with Gasteiger partial charge in [-0.25, -0.2) is 0 Å². The van der Waals surface area contributed by atoms with Crippen molar-refractivity contribution < 1.29 is 4.79 Å². The molecule has 0 aliphatic rings. The first-order chi connectivity index (χ1) is 8.47. The zero-order chi connectivity index (χ0) is 13.7. The van der Waals surface area contributed by atoms with Crippen molar-refractivity contribution in [2.75, 3.05) is 13.1 Å². The molecule has 1 atom stereocenters. The van der Waals surface area contributed by atoms with Gasteiger partial charge >= 0.3 is 0 Å². The molecule has 1 amide bonds. The lowest BCUT2D eigenvalue weighted by Crippen LogP contribution is -2.43. The topological polar surface area (TPSA) is 72.3 Å². The zero-order valence-electron chi connectivity index (χ0n) is 10.8. The quantitative estimate of drug-likeness (QED) is 0.823. The fourth-order valence-electron chi connectivity index (χ4n) is 2.02. The van der Waals surface area contributed by atoms with Crippen LogP contribution < -0.4 is 11.5 Å². The Morgan fingerprint density at radius 2 is 2.00 bits per heavy atom. The molecular weight excluding hydrogens is 250 g/mol. The van der Waals surface area contributed by atoms with Crippen LogP contribution in [0.1, 0.15) is 25.5 Å². The second kappa shape index (κ2) is 6.73. The van der Waals surface area contributed by atoms with Crippen LogP contribution in [0, 0.1) is 0 Å². The van der Waals surface area contributed by atoms with Gasteiger partial charge in [0.2, 0.25) is 5.91 Å². The molecule has 4 N–H and O–H groups in total. The molecule has 0 fully saturated rings. The summed E-state index contributed by atoms with van der Waals surface area (Å²) in [4.78, 5) is 13.1. The molecule has 1 rings (SSSR count). The number of nitrogens with two attached hydrogens (primary N) is 2. The minimum Gasteiger partial charge on any atom is -0.369 e. The van der Waals surface area contributed by atoms with Crippen LogP contribution in [0.3, 0.4) is 0 Å². The fraction of sp³-hybridized carbons (Fsp3) is 0.462. The Kier molecular flexibility index (Phi) is 5.59. The van der Waals surface area contributed by atoms with Gasteiger partial charge in [0.05, 0.1) is 6.54 Å². The fourth-order valence-corrected chi connectivity index (χ4v) is 2.28. The van der Waals surface area contributed by atoms with Crippen molar-refractivity contribution in [2.45, 2.75) is 25.9 Å². The van der Waals surface area contributed by atoms with Crippen LogP contribution in [0.4, 0.5) is 0 Å². The molecule has 100 valence electrons. The number of amides is 1. The van der Waals surface area contributed by atoms with E-state index in [4.69, 9.17) is 23.1 Å². The van der Waals surface area contributed by atoms with E-state index in [1.165, 1.54) is 0 Å². The molecule has 5 heteroatoms. The van der Waals surface area contributed by atoms with Crippen molar-refractivity contribution >= 4 is 17.5 Å². The molecular formula is C13H20ClN3O. The highest BCUT2D eigenvalue weighted by Crippen LogP contribution is 2.27. The molecule has 0 saturated carbocycles. The van der Waals surface area contributed by atoms with Gasteiger partial charge in [-0.2, -0.15) is 0 Å². The highest BCUT2D eigenvalue weighted by Gasteiger charge is 2.24. The van der Waals surface area contributed by atoms with Gasteiger partial charge in [0.15, 0.2) is 0 Å². The molecule has 0 spiro atoms.